The highest BCUT2D eigenvalue weighted by Crippen LogP contribution is 2.06. The molecule has 0 saturated heterocycles. The number of aryl methyl sites for hydroxylation is 4. The molecule has 0 aliphatic rings. The summed E-state index contributed by atoms with van der Waals surface area (Å²) in [6.07, 6.45) is 1.75. The molecule has 0 fully saturated rings. The van der Waals surface area contributed by atoms with Gasteiger partial charge in [0.15, 0.2) is 5.82 Å². The van der Waals surface area contributed by atoms with Crippen molar-refractivity contribution in [1.82, 2.24) is 44.7 Å². The highest BCUT2D eigenvalue weighted by atomic mass is 15.4. The molecule has 0 aliphatic carbocycles. The molecule has 0 atom stereocenters. The van der Waals surface area contributed by atoms with Crippen LogP contribution in [0.1, 0.15) is 104 Å². The summed E-state index contributed by atoms with van der Waals surface area (Å²) in [5.41, 5.74) is 0. The highest BCUT2D eigenvalue weighted by molar-refractivity contribution is 4.92. The first-order valence-corrected chi connectivity index (χ1v) is 9.67. The smallest absolute Gasteiger partial charge is 0.153 e. The molecule has 0 bridgehead atoms. The lowest BCUT2D eigenvalue weighted by atomic mass is 10.2. The van der Waals surface area contributed by atoms with Crippen LogP contribution in [0.25, 0.3) is 0 Å². The molecular formula is C21H43N9. The lowest BCUT2D eigenvalue weighted by Gasteiger charge is -2.05. The summed E-state index contributed by atoms with van der Waals surface area (Å²) in [5.74, 6) is 5.03. The third-order valence-electron chi connectivity index (χ3n) is 3.84. The van der Waals surface area contributed by atoms with Crippen molar-refractivity contribution in [2.24, 2.45) is 0 Å². The summed E-state index contributed by atoms with van der Waals surface area (Å²) in [7, 11) is 0. The van der Waals surface area contributed by atoms with Crippen molar-refractivity contribution >= 4 is 0 Å². The quantitative estimate of drug-likeness (QED) is 0.627. The van der Waals surface area contributed by atoms with Crippen molar-refractivity contribution in [2.75, 3.05) is 0 Å². The van der Waals surface area contributed by atoms with Crippen molar-refractivity contribution in [1.29, 1.82) is 0 Å². The van der Waals surface area contributed by atoms with Crippen LogP contribution in [0.2, 0.25) is 0 Å². The SMILES string of the molecule is C.C.Cc1nc(C(C)C)n[nH]1.Cc1nc(C)n(C(C)C)n1.Cc1nncn1C(C)C. The molecule has 1 N–H and O–H groups in total. The van der Waals surface area contributed by atoms with E-state index in [-0.39, 0.29) is 14.9 Å². The van der Waals surface area contributed by atoms with E-state index in [1.807, 2.05) is 36.9 Å². The molecule has 9 nitrogen and oxygen atoms in total. The number of hydrogen-bond donors (Lipinski definition) is 1. The Labute approximate surface area is 182 Å². The lowest BCUT2D eigenvalue weighted by molar-refractivity contribution is 0.514. The monoisotopic (exact) mass is 421 g/mol. The second-order valence-corrected chi connectivity index (χ2v) is 7.56. The Morgan fingerprint density at radius 2 is 1.43 bits per heavy atom. The maximum atomic E-state index is 4.22. The van der Waals surface area contributed by atoms with E-state index in [9.17, 15) is 0 Å². The van der Waals surface area contributed by atoms with E-state index in [1.54, 1.807) is 6.33 Å². The molecule has 0 saturated carbocycles. The maximum Gasteiger partial charge on any atom is 0.153 e. The Bertz CT molecular complexity index is 825. The van der Waals surface area contributed by atoms with Gasteiger partial charge in [-0.25, -0.2) is 14.6 Å². The van der Waals surface area contributed by atoms with Crippen LogP contribution in [0.5, 0.6) is 0 Å². The van der Waals surface area contributed by atoms with Gasteiger partial charge in [-0.05, 0) is 55.4 Å². The minimum absolute atomic E-state index is 0. The Morgan fingerprint density at radius 3 is 1.63 bits per heavy atom. The Kier molecular flexibility index (Phi) is 13.4. The second-order valence-electron chi connectivity index (χ2n) is 7.56. The number of aromatic nitrogens is 9. The van der Waals surface area contributed by atoms with Crippen LogP contribution in [0.3, 0.4) is 0 Å². The van der Waals surface area contributed by atoms with E-state index in [1.165, 1.54) is 0 Å². The van der Waals surface area contributed by atoms with Crippen LogP contribution in [0.4, 0.5) is 0 Å². The standard InChI is InChI=1S/C7H13N3.2C6H11N3.2CH4/c1-5(2)10-7(4)8-6(3)9-10;1-5(2)9-4-7-8-6(9)3;1-4(2)6-7-5(3)8-9-6;;/h5H,1-4H3;4-5H,1-3H3;4H,1-3H3,(H,7,8,9);2*1H4. The van der Waals surface area contributed by atoms with Gasteiger partial charge in [-0.2, -0.15) is 10.2 Å². The summed E-state index contributed by atoms with van der Waals surface area (Å²) in [6, 6.07) is 0.890. The van der Waals surface area contributed by atoms with E-state index in [4.69, 9.17) is 0 Å². The van der Waals surface area contributed by atoms with Crippen molar-refractivity contribution in [3.63, 3.8) is 0 Å². The Morgan fingerprint density at radius 1 is 0.833 bits per heavy atom. The zero-order chi connectivity index (χ0) is 21.4. The zero-order valence-electron chi connectivity index (χ0n) is 18.9. The molecular weight excluding hydrogens is 378 g/mol. The predicted molar refractivity (Wildman–Crippen MR) is 124 cm³/mol. The molecule has 0 radical (unpaired) electrons. The minimum Gasteiger partial charge on any atom is -0.315 e. The van der Waals surface area contributed by atoms with Gasteiger partial charge in [0, 0.05) is 18.0 Å². The predicted octanol–water partition coefficient (Wildman–Crippen LogP) is 5.15. The summed E-state index contributed by atoms with van der Waals surface area (Å²) < 4.78 is 3.95. The molecule has 172 valence electrons. The fraction of sp³-hybridized carbons (Fsp3) is 0.714. The van der Waals surface area contributed by atoms with Gasteiger partial charge in [0.2, 0.25) is 0 Å². The van der Waals surface area contributed by atoms with Crippen LogP contribution in [0.15, 0.2) is 6.33 Å². The molecule has 3 rings (SSSR count). The van der Waals surface area contributed by atoms with Gasteiger partial charge in [0.1, 0.15) is 29.6 Å². The highest BCUT2D eigenvalue weighted by Gasteiger charge is 2.04. The van der Waals surface area contributed by atoms with Gasteiger partial charge in [-0.3, -0.25) is 5.10 Å². The normalized spacial score (nSPS) is 10.0. The number of nitrogens with one attached hydrogen (secondary N) is 1. The number of rotatable bonds is 3. The number of nitrogens with zero attached hydrogens (tertiary/aromatic N) is 8. The minimum atomic E-state index is 0. The molecule has 0 aliphatic heterocycles. The van der Waals surface area contributed by atoms with Crippen molar-refractivity contribution in [2.45, 2.75) is 102 Å². The molecule has 30 heavy (non-hydrogen) atoms. The van der Waals surface area contributed by atoms with Crippen molar-refractivity contribution < 1.29 is 0 Å². The average Bonchev–Trinajstić information content (AvgIpc) is 3.29. The number of hydrogen-bond acceptors (Lipinski definition) is 6. The van der Waals surface area contributed by atoms with Crippen LogP contribution >= 0.6 is 0 Å². The molecule has 3 heterocycles. The Hall–Kier alpha value is -2.58. The average molecular weight is 422 g/mol. The molecule has 0 amide bonds. The fourth-order valence-corrected chi connectivity index (χ4v) is 2.45. The van der Waals surface area contributed by atoms with Gasteiger partial charge in [0.05, 0.1) is 0 Å². The zero-order valence-corrected chi connectivity index (χ0v) is 18.9. The summed E-state index contributed by atoms with van der Waals surface area (Å²) in [6.45, 7) is 20.3. The van der Waals surface area contributed by atoms with Crippen LogP contribution in [-0.2, 0) is 0 Å². The van der Waals surface area contributed by atoms with E-state index in [0.717, 1.165) is 29.1 Å². The Balaban J connectivity index is 0. The number of aromatic amines is 1. The van der Waals surface area contributed by atoms with E-state index < -0.39 is 0 Å². The largest absolute Gasteiger partial charge is 0.315 e. The van der Waals surface area contributed by atoms with Crippen LogP contribution in [0, 0.1) is 27.7 Å². The molecule has 0 unspecified atom stereocenters. The summed E-state index contributed by atoms with van der Waals surface area (Å²) >= 11 is 0. The van der Waals surface area contributed by atoms with Crippen molar-refractivity contribution in [3.8, 4) is 0 Å². The second kappa shape index (κ2) is 13.6. The van der Waals surface area contributed by atoms with Crippen molar-refractivity contribution in [3.05, 3.63) is 35.4 Å². The molecule has 9 heteroatoms. The first kappa shape index (κ1) is 29.6. The molecule has 0 spiro atoms. The van der Waals surface area contributed by atoms with Crippen LogP contribution < -0.4 is 0 Å². The summed E-state index contributed by atoms with van der Waals surface area (Å²) in [5, 5.41) is 18.6. The van der Waals surface area contributed by atoms with Gasteiger partial charge in [-0.1, -0.05) is 28.7 Å². The first-order valence-electron chi connectivity index (χ1n) is 9.67. The van der Waals surface area contributed by atoms with Gasteiger partial charge >= 0.3 is 0 Å². The fourth-order valence-electron chi connectivity index (χ4n) is 2.45. The van der Waals surface area contributed by atoms with E-state index in [2.05, 4.69) is 77.0 Å². The maximum absolute atomic E-state index is 4.22. The third kappa shape index (κ3) is 9.28. The summed E-state index contributed by atoms with van der Waals surface area (Å²) in [4.78, 5) is 8.33. The first-order chi connectivity index (χ1) is 13.0. The molecule has 3 aromatic rings. The molecule has 3 aromatic heterocycles. The van der Waals surface area contributed by atoms with Gasteiger partial charge < -0.3 is 4.57 Å². The topological polar surface area (TPSA) is 103 Å². The molecule has 0 aromatic carbocycles. The van der Waals surface area contributed by atoms with Gasteiger partial charge in [-0.15, -0.1) is 10.2 Å². The number of H-pyrrole nitrogens is 1. The van der Waals surface area contributed by atoms with E-state index in [0.29, 0.717) is 18.0 Å². The third-order valence-corrected chi connectivity index (χ3v) is 3.84. The lowest BCUT2D eigenvalue weighted by Crippen LogP contribution is -2.04. The van der Waals surface area contributed by atoms with Crippen LogP contribution in [-0.4, -0.2) is 44.7 Å². The van der Waals surface area contributed by atoms with E-state index >= 15 is 0 Å². The van der Waals surface area contributed by atoms with Gasteiger partial charge in [0.25, 0.3) is 0 Å².